The highest BCUT2D eigenvalue weighted by atomic mass is 32.2. The number of benzene rings is 5. The van der Waals surface area contributed by atoms with Gasteiger partial charge in [0.2, 0.25) is 0 Å². The van der Waals surface area contributed by atoms with Crippen LogP contribution >= 0.6 is 31.6 Å². The molecule has 1 fully saturated rings. The smallest absolute Gasteiger partial charge is 0.356 e. The number of nitrogens with zero attached hydrogens (tertiary/aromatic N) is 1. The molecule has 0 radical (unpaired) electrons. The summed E-state index contributed by atoms with van der Waals surface area (Å²) in [6, 6.07) is 35.1. The van der Waals surface area contributed by atoms with Gasteiger partial charge >= 0.3 is 7.60 Å². The Balaban J connectivity index is 1.32. The second-order valence-electron chi connectivity index (χ2n) is 11.2. The minimum absolute atomic E-state index is 0.0573. The van der Waals surface area contributed by atoms with Crippen LogP contribution in [-0.2, 0) is 4.57 Å². The van der Waals surface area contributed by atoms with Crippen molar-refractivity contribution in [3.63, 3.8) is 0 Å². The fraction of sp³-hybridized carbons (Fsp3) is 0.139. The summed E-state index contributed by atoms with van der Waals surface area (Å²) >= 11 is 7.44. The SMILES string of the molecule is O=P(O)(O)c1ccc(-c2ccc([C@@H]3[C@H](CCC(O)c4ccc(F)cc4)SC(=S)N3c3ccc(-c4ccccc4)cc3)c(O)c2)cc1. The minimum atomic E-state index is -4.37. The summed E-state index contributed by atoms with van der Waals surface area (Å²) in [5.74, 6) is -0.305. The number of anilines is 1. The zero-order valence-electron chi connectivity index (χ0n) is 24.5. The fourth-order valence-corrected chi connectivity index (χ4v) is 8.16. The van der Waals surface area contributed by atoms with Gasteiger partial charge in [-0.2, -0.15) is 0 Å². The van der Waals surface area contributed by atoms with Crippen molar-refractivity contribution >= 4 is 46.9 Å². The van der Waals surface area contributed by atoms with Gasteiger partial charge in [0.05, 0.1) is 17.5 Å². The topological polar surface area (TPSA) is 101 Å². The zero-order valence-corrected chi connectivity index (χ0v) is 27.0. The van der Waals surface area contributed by atoms with E-state index in [1.54, 1.807) is 30.3 Å². The number of halogens is 1. The number of phenols is 1. The highest BCUT2D eigenvalue weighted by molar-refractivity contribution is 8.24. The summed E-state index contributed by atoms with van der Waals surface area (Å²) in [6.45, 7) is 0. The molecule has 6 nitrogen and oxygen atoms in total. The van der Waals surface area contributed by atoms with Crippen LogP contribution in [0.3, 0.4) is 0 Å². The number of aliphatic hydroxyl groups is 1. The molecule has 0 aromatic heterocycles. The first-order valence-electron chi connectivity index (χ1n) is 14.7. The van der Waals surface area contributed by atoms with E-state index in [1.807, 2.05) is 59.5 Å². The number of aromatic hydroxyl groups is 1. The van der Waals surface area contributed by atoms with Crippen molar-refractivity contribution < 1.29 is 29.0 Å². The third-order valence-electron chi connectivity index (χ3n) is 8.20. The summed E-state index contributed by atoms with van der Waals surface area (Å²) < 4.78 is 25.7. The standard InChI is InChI=1S/C36H31FNO5PS2/c37-28-13-6-26(7-14-28)32(39)20-21-34-35(31-19-12-27(22-33(31)40)25-10-17-30(18-11-25)44(41,42)43)38(36(45)46-34)29-15-8-24(9-16-29)23-4-2-1-3-5-23/h1-19,22,32,34-35,39-40H,20-21H2,(H2,41,42,43)/t32?,34-,35+/m0/s1. The largest absolute Gasteiger partial charge is 0.508 e. The Morgan fingerprint density at radius 2 is 1.39 bits per heavy atom. The van der Waals surface area contributed by atoms with E-state index in [0.717, 1.165) is 16.8 Å². The maximum atomic E-state index is 13.5. The van der Waals surface area contributed by atoms with Gasteiger partial charge in [-0.15, -0.1) is 0 Å². The van der Waals surface area contributed by atoms with Crippen LogP contribution in [0.15, 0.2) is 121 Å². The average Bonchev–Trinajstić information content (AvgIpc) is 3.39. The van der Waals surface area contributed by atoms with Gasteiger partial charge in [0, 0.05) is 16.5 Å². The molecule has 10 heteroatoms. The Hall–Kier alpha value is -3.82. The van der Waals surface area contributed by atoms with Crippen LogP contribution in [0.25, 0.3) is 22.3 Å². The monoisotopic (exact) mass is 671 g/mol. The molecule has 0 spiro atoms. The highest BCUT2D eigenvalue weighted by Crippen LogP contribution is 2.49. The van der Waals surface area contributed by atoms with Crippen LogP contribution < -0.4 is 10.2 Å². The first-order valence-corrected chi connectivity index (χ1v) is 17.6. The number of hydrogen-bond donors (Lipinski definition) is 4. The van der Waals surface area contributed by atoms with E-state index in [0.29, 0.717) is 39.4 Å². The molecule has 6 rings (SSSR count). The summed E-state index contributed by atoms with van der Waals surface area (Å²) in [4.78, 5) is 21.0. The predicted octanol–water partition coefficient (Wildman–Crippen LogP) is 8.13. The van der Waals surface area contributed by atoms with Crippen LogP contribution in [0.4, 0.5) is 10.1 Å². The number of rotatable bonds is 9. The zero-order chi connectivity index (χ0) is 32.4. The Kier molecular flexibility index (Phi) is 9.43. The molecule has 3 atom stereocenters. The molecule has 1 aliphatic heterocycles. The Bertz CT molecular complexity index is 1880. The van der Waals surface area contributed by atoms with Crippen molar-refractivity contribution in [3.05, 3.63) is 138 Å². The van der Waals surface area contributed by atoms with Gasteiger partial charge < -0.3 is 24.9 Å². The molecule has 1 unspecified atom stereocenters. The van der Waals surface area contributed by atoms with Crippen molar-refractivity contribution in [2.75, 3.05) is 4.90 Å². The van der Waals surface area contributed by atoms with Crippen LogP contribution in [-0.4, -0.2) is 29.6 Å². The highest BCUT2D eigenvalue weighted by Gasteiger charge is 2.41. The normalized spacial score (nSPS) is 17.3. The van der Waals surface area contributed by atoms with Crippen LogP contribution in [0, 0.1) is 5.82 Å². The second kappa shape index (κ2) is 13.5. The molecule has 1 aliphatic rings. The lowest BCUT2D eigenvalue weighted by Gasteiger charge is -2.30. The van der Waals surface area contributed by atoms with Crippen LogP contribution in [0.5, 0.6) is 5.75 Å². The van der Waals surface area contributed by atoms with Gasteiger partial charge in [0.15, 0.2) is 0 Å². The molecule has 46 heavy (non-hydrogen) atoms. The first-order chi connectivity index (χ1) is 22.1. The molecule has 5 aromatic carbocycles. The Labute approximate surface area is 276 Å². The van der Waals surface area contributed by atoms with Gasteiger partial charge in [-0.1, -0.05) is 103 Å². The maximum Gasteiger partial charge on any atom is 0.356 e. The van der Waals surface area contributed by atoms with E-state index in [2.05, 4.69) is 12.1 Å². The van der Waals surface area contributed by atoms with Gasteiger partial charge in [-0.25, -0.2) is 4.39 Å². The number of thioether (sulfide) groups is 1. The predicted molar refractivity (Wildman–Crippen MR) is 187 cm³/mol. The van der Waals surface area contributed by atoms with Gasteiger partial charge in [-0.05, 0) is 83.1 Å². The van der Waals surface area contributed by atoms with Gasteiger partial charge in [0.25, 0.3) is 0 Å². The van der Waals surface area contributed by atoms with Crippen molar-refractivity contribution in [1.29, 1.82) is 0 Å². The second-order valence-corrected chi connectivity index (χ2v) is 14.6. The molecular formula is C36H31FNO5PS2. The molecule has 4 N–H and O–H groups in total. The number of phenolic OH excluding ortho intramolecular Hbond substituents is 1. The lowest BCUT2D eigenvalue weighted by molar-refractivity contribution is 0.163. The molecule has 0 bridgehead atoms. The van der Waals surface area contributed by atoms with Crippen molar-refractivity contribution in [1.82, 2.24) is 0 Å². The van der Waals surface area contributed by atoms with E-state index in [1.165, 1.54) is 36.0 Å². The molecule has 1 heterocycles. The van der Waals surface area contributed by atoms with Crippen molar-refractivity contribution in [2.24, 2.45) is 0 Å². The molecule has 0 amide bonds. The Morgan fingerprint density at radius 3 is 2.02 bits per heavy atom. The van der Waals surface area contributed by atoms with E-state index in [9.17, 15) is 29.0 Å². The van der Waals surface area contributed by atoms with Crippen LogP contribution in [0.1, 0.15) is 36.1 Å². The Morgan fingerprint density at radius 1 is 0.804 bits per heavy atom. The van der Waals surface area contributed by atoms with Crippen molar-refractivity contribution in [3.8, 4) is 28.0 Å². The number of thiocarbonyl (C=S) groups is 1. The third kappa shape index (κ3) is 6.95. The quantitative estimate of drug-likeness (QED) is 0.0921. The first kappa shape index (κ1) is 32.1. The number of hydrogen-bond acceptors (Lipinski definition) is 5. The summed E-state index contributed by atoms with van der Waals surface area (Å²) in [7, 11) is -4.37. The molecule has 5 aromatic rings. The van der Waals surface area contributed by atoms with Gasteiger partial charge in [0.1, 0.15) is 15.9 Å². The third-order valence-corrected chi connectivity index (χ3v) is 10.8. The average molecular weight is 672 g/mol. The maximum absolute atomic E-state index is 13.5. The summed E-state index contributed by atoms with van der Waals surface area (Å²) in [5.41, 5.74) is 5.72. The molecule has 1 saturated heterocycles. The van der Waals surface area contributed by atoms with E-state index in [4.69, 9.17) is 12.2 Å². The lowest BCUT2D eigenvalue weighted by Crippen LogP contribution is -2.29. The lowest BCUT2D eigenvalue weighted by atomic mass is 9.93. The number of aliphatic hydroxyl groups excluding tert-OH is 1. The molecule has 0 aliphatic carbocycles. The fourth-order valence-electron chi connectivity index (χ4n) is 5.79. The molecular weight excluding hydrogens is 641 g/mol. The molecule has 234 valence electrons. The van der Waals surface area contributed by atoms with E-state index >= 15 is 0 Å². The summed E-state index contributed by atoms with van der Waals surface area (Å²) in [5, 5.41) is 22.2. The van der Waals surface area contributed by atoms with Crippen molar-refractivity contribution in [2.45, 2.75) is 30.2 Å². The van der Waals surface area contributed by atoms with Crippen LogP contribution in [0.2, 0.25) is 0 Å². The van der Waals surface area contributed by atoms with E-state index in [-0.39, 0.29) is 28.2 Å². The molecule has 0 saturated carbocycles. The van der Waals surface area contributed by atoms with E-state index < -0.39 is 13.7 Å². The summed E-state index contributed by atoms with van der Waals surface area (Å²) in [6.07, 6.45) is 0.188. The van der Waals surface area contributed by atoms with Gasteiger partial charge in [-0.3, -0.25) is 4.57 Å². The minimum Gasteiger partial charge on any atom is -0.508 e.